The predicted octanol–water partition coefficient (Wildman–Crippen LogP) is 1.91. The van der Waals surface area contributed by atoms with Crippen molar-refractivity contribution in [1.82, 2.24) is 0 Å². The number of nitrogens with zero attached hydrogens (tertiary/aromatic N) is 1. The molecule has 1 aromatic carbocycles. The second kappa shape index (κ2) is 3.78. The molecule has 0 aromatic heterocycles. The van der Waals surface area contributed by atoms with E-state index in [2.05, 4.69) is 0 Å². The number of rotatable bonds is 1. The van der Waals surface area contributed by atoms with E-state index >= 15 is 0 Å². The van der Waals surface area contributed by atoms with Gasteiger partial charge in [0.2, 0.25) is 0 Å². The Hall–Kier alpha value is -1.44. The molecule has 0 aliphatic carbocycles. The molecule has 18 heavy (non-hydrogen) atoms. The number of hydrogen-bond acceptors (Lipinski definition) is 3. The number of halogens is 3. The first-order chi connectivity index (χ1) is 8.14. The molecule has 1 heterocycles. The minimum atomic E-state index is -5.40. The third-order valence-corrected chi connectivity index (χ3v) is 4.31. The minimum absolute atomic E-state index is 0.0662. The van der Waals surface area contributed by atoms with Crippen LogP contribution in [0.4, 0.5) is 18.9 Å². The lowest BCUT2D eigenvalue weighted by Gasteiger charge is -2.21. The van der Waals surface area contributed by atoms with Crippen LogP contribution in [-0.2, 0) is 16.4 Å². The molecule has 0 amide bonds. The van der Waals surface area contributed by atoms with Crippen LogP contribution in [-0.4, -0.2) is 25.6 Å². The number of aryl methyl sites for hydroxylation is 1. The normalized spacial score (nSPS) is 15.9. The highest BCUT2D eigenvalue weighted by Gasteiger charge is 2.51. The van der Waals surface area contributed by atoms with Gasteiger partial charge >= 0.3 is 15.5 Å². The molecule has 1 aliphatic heterocycles. The summed E-state index contributed by atoms with van der Waals surface area (Å²) < 4.78 is 60.5. The first kappa shape index (κ1) is 13.0. The monoisotopic (exact) mass is 281 g/mol. The summed E-state index contributed by atoms with van der Waals surface area (Å²) in [6.07, 6.45) is 0.0662. The van der Waals surface area contributed by atoms with Crippen molar-refractivity contribution in [3.63, 3.8) is 0 Å². The van der Waals surface area contributed by atoms with Crippen molar-refractivity contribution in [2.45, 2.75) is 18.9 Å². The average Bonchev–Trinajstić information content (AvgIpc) is 2.59. The number of anilines is 1. The SMILES string of the molecule is Cc1cc(O)c2c(c1)N(S(=O)(=O)C(F)(F)F)CC2. The van der Waals surface area contributed by atoms with Crippen LogP contribution in [0.15, 0.2) is 12.1 Å². The van der Waals surface area contributed by atoms with Crippen LogP contribution in [0.3, 0.4) is 0 Å². The zero-order valence-corrected chi connectivity index (χ0v) is 10.1. The van der Waals surface area contributed by atoms with Crippen LogP contribution in [0.2, 0.25) is 0 Å². The van der Waals surface area contributed by atoms with Gasteiger partial charge in [0.05, 0.1) is 5.69 Å². The van der Waals surface area contributed by atoms with Crippen molar-refractivity contribution in [2.75, 3.05) is 10.8 Å². The summed E-state index contributed by atoms with van der Waals surface area (Å²) in [5, 5.41) is 9.60. The fraction of sp³-hybridized carbons (Fsp3) is 0.400. The van der Waals surface area contributed by atoms with E-state index in [1.54, 1.807) is 6.92 Å². The average molecular weight is 281 g/mol. The van der Waals surface area contributed by atoms with E-state index in [9.17, 15) is 26.7 Å². The van der Waals surface area contributed by atoms with E-state index < -0.39 is 15.5 Å². The Morgan fingerprint density at radius 1 is 1.33 bits per heavy atom. The molecule has 4 nitrogen and oxygen atoms in total. The quantitative estimate of drug-likeness (QED) is 0.855. The summed E-state index contributed by atoms with van der Waals surface area (Å²) in [5.41, 5.74) is -4.71. The molecule has 0 unspecified atom stereocenters. The topological polar surface area (TPSA) is 57.6 Å². The Balaban J connectivity index is 2.57. The molecule has 0 saturated carbocycles. The third-order valence-electron chi connectivity index (χ3n) is 2.76. The summed E-state index contributed by atoms with van der Waals surface area (Å²) in [4.78, 5) is 0. The Labute approximate surface area is 102 Å². The largest absolute Gasteiger partial charge is 0.516 e. The van der Waals surface area contributed by atoms with Gasteiger partial charge in [0.1, 0.15) is 5.75 Å². The highest BCUT2D eigenvalue weighted by molar-refractivity contribution is 7.93. The number of aromatic hydroxyl groups is 1. The molecular formula is C10H10F3NO3S. The molecular weight excluding hydrogens is 271 g/mol. The van der Waals surface area contributed by atoms with Crippen LogP contribution in [0, 0.1) is 6.92 Å². The standard InChI is InChI=1S/C10H10F3NO3S/c1-6-4-8-7(9(15)5-6)2-3-14(8)18(16,17)10(11,12)13/h4-5,15H,2-3H2,1H3. The van der Waals surface area contributed by atoms with Crippen LogP contribution in [0.5, 0.6) is 5.75 Å². The smallest absolute Gasteiger partial charge is 0.508 e. The second-order valence-electron chi connectivity index (χ2n) is 4.05. The Morgan fingerprint density at radius 3 is 2.50 bits per heavy atom. The van der Waals surface area contributed by atoms with E-state index in [-0.39, 0.29) is 30.0 Å². The van der Waals surface area contributed by atoms with E-state index in [4.69, 9.17) is 0 Å². The molecule has 0 bridgehead atoms. The number of fused-ring (bicyclic) bond motifs is 1. The molecule has 8 heteroatoms. The van der Waals surface area contributed by atoms with Crippen LogP contribution in [0.25, 0.3) is 0 Å². The predicted molar refractivity (Wildman–Crippen MR) is 58.9 cm³/mol. The molecule has 0 saturated heterocycles. The second-order valence-corrected chi connectivity index (χ2v) is 5.91. The molecule has 1 aromatic rings. The van der Waals surface area contributed by atoms with Crippen LogP contribution in [0.1, 0.15) is 11.1 Å². The molecule has 1 N–H and O–H groups in total. The molecule has 1 aliphatic rings. The van der Waals surface area contributed by atoms with Crippen LogP contribution < -0.4 is 4.31 Å². The molecule has 0 radical (unpaired) electrons. The zero-order chi connectivity index (χ0) is 13.7. The summed E-state index contributed by atoms with van der Waals surface area (Å²) in [7, 11) is -5.40. The van der Waals surface area contributed by atoms with E-state index in [0.29, 0.717) is 9.87 Å². The number of phenolic OH excluding ortho intramolecular Hbond substituents is 1. The van der Waals surface area contributed by atoms with Gasteiger partial charge < -0.3 is 5.11 Å². The number of phenols is 1. The Morgan fingerprint density at radius 2 is 1.94 bits per heavy atom. The van der Waals surface area contributed by atoms with Gasteiger partial charge in [-0.1, -0.05) is 0 Å². The number of sulfonamides is 1. The van der Waals surface area contributed by atoms with Crippen molar-refractivity contribution in [3.8, 4) is 5.75 Å². The Kier molecular flexibility index (Phi) is 2.73. The molecule has 2 rings (SSSR count). The van der Waals surface area contributed by atoms with Gasteiger partial charge in [-0.3, -0.25) is 4.31 Å². The summed E-state index contributed by atoms with van der Waals surface area (Å²) in [6.45, 7) is 1.25. The molecule has 0 fully saturated rings. The van der Waals surface area contributed by atoms with Gasteiger partial charge in [0.15, 0.2) is 0 Å². The van der Waals surface area contributed by atoms with E-state index in [0.717, 1.165) is 0 Å². The van der Waals surface area contributed by atoms with E-state index in [1.807, 2.05) is 0 Å². The lowest BCUT2D eigenvalue weighted by atomic mass is 10.1. The maximum Gasteiger partial charge on any atom is 0.516 e. The first-order valence-corrected chi connectivity index (χ1v) is 6.50. The van der Waals surface area contributed by atoms with Crippen molar-refractivity contribution >= 4 is 15.7 Å². The summed E-state index contributed by atoms with van der Waals surface area (Å²) >= 11 is 0. The van der Waals surface area contributed by atoms with Gasteiger partial charge in [0.25, 0.3) is 0 Å². The van der Waals surface area contributed by atoms with Gasteiger partial charge in [-0.2, -0.15) is 21.6 Å². The number of alkyl halides is 3. The molecule has 100 valence electrons. The summed E-state index contributed by atoms with van der Waals surface area (Å²) in [6, 6.07) is 2.72. The van der Waals surface area contributed by atoms with E-state index in [1.165, 1.54) is 12.1 Å². The number of hydrogen-bond donors (Lipinski definition) is 1. The first-order valence-electron chi connectivity index (χ1n) is 5.06. The zero-order valence-electron chi connectivity index (χ0n) is 9.32. The lowest BCUT2D eigenvalue weighted by molar-refractivity contribution is -0.0437. The van der Waals surface area contributed by atoms with Gasteiger partial charge in [-0.15, -0.1) is 0 Å². The number of benzene rings is 1. The van der Waals surface area contributed by atoms with Crippen molar-refractivity contribution in [3.05, 3.63) is 23.3 Å². The minimum Gasteiger partial charge on any atom is -0.508 e. The van der Waals surface area contributed by atoms with Gasteiger partial charge in [-0.25, -0.2) is 0 Å². The van der Waals surface area contributed by atoms with Crippen LogP contribution >= 0.6 is 0 Å². The van der Waals surface area contributed by atoms with Gasteiger partial charge in [-0.05, 0) is 31.0 Å². The third kappa shape index (κ3) is 1.80. The fourth-order valence-electron chi connectivity index (χ4n) is 1.97. The fourth-order valence-corrected chi connectivity index (χ4v) is 2.97. The molecule has 0 atom stereocenters. The maximum atomic E-state index is 12.5. The summed E-state index contributed by atoms with van der Waals surface area (Å²) in [5.74, 6) is -0.176. The Bertz CT molecular complexity index is 595. The highest BCUT2D eigenvalue weighted by atomic mass is 32.2. The van der Waals surface area contributed by atoms with Crippen molar-refractivity contribution in [2.24, 2.45) is 0 Å². The maximum absolute atomic E-state index is 12.5. The van der Waals surface area contributed by atoms with Gasteiger partial charge in [0, 0.05) is 12.1 Å². The lowest BCUT2D eigenvalue weighted by Crippen LogP contribution is -2.39. The van der Waals surface area contributed by atoms with Crippen molar-refractivity contribution < 1.29 is 26.7 Å². The highest BCUT2D eigenvalue weighted by Crippen LogP contribution is 2.40. The molecule has 0 spiro atoms. The van der Waals surface area contributed by atoms with Crippen molar-refractivity contribution in [1.29, 1.82) is 0 Å².